The van der Waals surface area contributed by atoms with E-state index in [-0.39, 0.29) is 6.61 Å². The first-order valence-corrected chi connectivity index (χ1v) is 14.0. The van der Waals surface area contributed by atoms with Crippen LogP contribution in [0.5, 0.6) is 5.75 Å². The molecule has 0 heterocycles. The van der Waals surface area contributed by atoms with Crippen LogP contribution in [0.1, 0.15) is 37.5 Å². The predicted molar refractivity (Wildman–Crippen MR) is 151 cm³/mol. The average Bonchev–Trinajstić information content (AvgIpc) is 2.80. The normalized spacial score (nSPS) is 13.1. The topological polar surface area (TPSA) is 59.9 Å². The maximum absolute atomic E-state index is 12.7. The van der Waals surface area contributed by atoms with Crippen molar-refractivity contribution in [3.8, 4) is 5.75 Å². The fourth-order valence-electron chi connectivity index (χ4n) is 3.18. The molecule has 0 radical (unpaired) electrons. The van der Waals surface area contributed by atoms with Crippen molar-refractivity contribution < 1.29 is 22.7 Å². The molecule has 5 nitrogen and oxygen atoms in total. The van der Waals surface area contributed by atoms with Gasteiger partial charge in [-0.1, -0.05) is 35.9 Å². The van der Waals surface area contributed by atoms with Gasteiger partial charge in [0, 0.05) is 27.1 Å². The monoisotopic (exact) mass is 568 g/mol. The standard InChI is InChI=1S/C27H32ClF2N2O3PS/c1-7-20(13-14-36(29)30)31-32-23(26-18(2)9-8-10-22(26)28)17-37-21-11-12-24(19(3)15-21)34-16-25(33)35-27(4,5)6/h7-15,20,31H,1,16-17H2,2-6H3/b14-13+,32-23-. The van der Waals surface area contributed by atoms with Gasteiger partial charge in [-0.2, -0.15) is 13.5 Å². The zero-order chi connectivity index (χ0) is 27.6. The van der Waals surface area contributed by atoms with E-state index in [2.05, 4.69) is 17.1 Å². The SMILES string of the molecule is C=CC(/C=C/P(F)F)N/N=C(/CSc1ccc(OCC(=O)OC(C)(C)C)c(C)c1)c1c(C)cccc1Cl. The number of rotatable bonds is 12. The fourth-order valence-corrected chi connectivity index (χ4v) is 4.76. The summed E-state index contributed by atoms with van der Waals surface area (Å²) in [6.45, 7) is 12.8. The van der Waals surface area contributed by atoms with Gasteiger partial charge in [-0.15, -0.1) is 18.3 Å². The number of nitrogens with one attached hydrogen (secondary N) is 1. The smallest absolute Gasteiger partial charge is 0.344 e. The van der Waals surface area contributed by atoms with Gasteiger partial charge in [0.2, 0.25) is 0 Å². The van der Waals surface area contributed by atoms with Crippen molar-refractivity contribution >= 4 is 43.6 Å². The van der Waals surface area contributed by atoms with Crippen LogP contribution in [-0.2, 0) is 9.53 Å². The fraction of sp³-hybridized carbons (Fsp3) is 0.333. The first kappa shape index (κ1) is 30.8. The summed E-state index contributed by atoms with van der Waals surface area (Å²) in [5.74, 6) is 1.47. The first-order chi connectivity index (χ1) is 17.4. The van der Waals surface area contributed by atoms with Crippen molar-refractivity contribution in [1.29, 1.82) is 0 Å². The molecule has 2 rings (SSSR count). The van der Waals surface area contributed by atoms with Gasteiger partial charge in [-0.05, 0) is 70.0 Å². The summed E-state index contributed by atoms with van der Waals surface area (Å²) < 4.78 is 36.2. The number of hydrazone groups is 1. The second-order valence-corrected chi connectivity index (χ2v) is 11.3. The lowest BCUT2D eigenvalue weighted by atomic mass is 10.1. The van der Waals surface area contributed by atoms with Crippen LogP contribution in [0.15, 0.2) is 70.9 Å². The molecule has 10 heteroatoms. The number of esters is 1. The Bertz CT molecular complexity index is 1130. The number of benzene rings is 2. The number of nitrogens with zero attached hydrogens (tertiary/aromatic N) is 1. The molecule has 0 aliphatic heterocycles. The van der Waals surface area contributed by atoms with Crippen LogP contribution in [0.2, 0.25) is 5.02 Å². The molecule has 1 N–H and O–H groups in total. The van der Waals surface area contributed by atoms with Gasteiger partial charge in [-0.3, -0.25) is 5.43 Å². The van der Waals surface area contributed by atoms with E-state index in [9.17, 15) is 13.2 Å². The molecular weight excluding hydrogens is 537 g/mol. The maximum atomic E-state index is 12.7. The third-order valence-electron chi connectivity index (χ3n) is 4.81. The number of ether oxygens (including phenoxy) is 2. The van der Waals surface area contributed by atoms with Gasteiger partial charge in [-0.25, -0.2) is 4.79 Å². The molecule has 1 unspecified atom stereocenters. The van der Waals surface area contributed by atoms with Crippen molar-refractivity contribution in [3.63, 3.8) is 0 Å². The Morgan fingerprint density at radius 3 is 2.57 bits per heavy atom. The van der Waals surface area contributed by atoms with Gasteiger partial charge < -0.3 is 9.47 Å². The van der Waals surface area contributed by atoms with Crippen LogP contribution in [0, 0.1) is 13.8 Å². The lowest BCUT2D eigenvalue weighted by Crippen LogP contribution is -2.27. The largest absolute Gasteiger partial charge is 0.482 e. The molecule has 2 aromatic carbocycles. The average molecular weight is 569 g/mol. The van der Waals surface area contributed by atoms with Gasteiger partial charge in [0.1, 0.15) is 11.4 Å². The van der Waals surface area contributed by atoms with E-state index in [0.29, 0.717) is 22.2 Å². The van der Waals surface area contributed by atoms with Crippen LogP contribution in [0.4, 0.5) is 8.39 Å². The van der Waals surface area contributed by atoms with Crippen LogP contribution in [-0.4, -0.2) is 35.7 Å². The minimum atomic E-state index is -3.15. The predicted octanol–water partition coefficient (Wildman–Crippen LogP) is 8.08. The molecule has 0 amide bonds. The lowest BCUT2D eigenvalue weighted by molar-refractivity contribution is -0.157. The summed E-state index contributed by atoms with van der Waals surface area (Å²) in [4.78, 5) is 12.9. The number of thioether (sulfide) groups is 1. The molecule has 1 atom stereocenters. The molecule has 0 aliphatic carbocycles. The Morgan fingerprint density at radius 1 is 1.24 bits per heavy atom. The summed E-state index contributed by atoms with van der Waals surface area (Å²) in [6, 6.07) is 10.7. The molecule has 0 saturated heterocycles. The maximum Gasteiger partial charge on any atom is 0.344 e. The number of carbonyl (C=O) groups is 1. The lowest BCUT2D eigenvalue weighted by Gasteiger charge is -2.19. The summed E-state index contributed by atoms with van der Waals surface area (Å²) in [5.41, 5.74) is 5.58. The molecule has 0 saturated carbocycles. The molecule has 0 fully saturated rings. The van der Waals surface area contributed by atoms with Crippen LogP contribution in [0.3, 0.4) is 0 Å². The minimum absolute atomic E-state index is 0.176. The third-order valence-corrected chi connectivity index (χ3v) is 6.52. The number of halogens is 3. The van der Waals surface area contributed by atoms with Gasteiger partial charge in [0.25, 0.3) is 8.54 Å². The highest BCUT2D eigenvalue weighted by atomic mass is 35.5. The first-order valence-electron chi connectivity index (χ1n) is 11.5. The molecule has 200 valence electrons. The van der Waals surface area contributed by atoms with E-state index in [4.69, 9.17) is 21.1 Å². The number of carbonyl (C=O) groups excluding carboxylic acids is 1. The quantitative estimate of drug-likeness (QED) is 0.0700. The van der Waals surface area contributed by atoms with Gasteiger partial charge in [0.05, 0.1) is 11.8 Å². The summed E-state index contributed by atoms with van der Waals surface area (Å²) in [6.07, 6.45) is 2.84. The Hall–Kier alpha value is -2.41. The van der Waals surface area contributed by atoms with Crippen molar-refractivity contribution in [1.82, 2.24) is 5.43 Å². The molecule has 0 spiro atoms. The van der Waals surface area contributed by atoms with Crippen LogP contribution >= 0.6 is 31.9 Å². The van der Waals surface area contributed by atoms with E-state index in [0.717, 1.165) is 27.4 Å². The summed E-state index contributed by atoms with van der Waals surface area (Å²) in [7, 11) is -3.15. The molecule has 0 aliphatic rings. The molecular formula is C27H32ClF2N2O3PS. The number of aryl methyl sites for hydroxylation is 2. The van der Waals surface area contributed by atoms with Crippen LogP contribution < -0.4 is 10.2 Å². The molecule has 37 heavy (non-hydrogen) atoms. The van der Waals surface area contributed by atoms with E-state index < -0.39 is 26.2 Å². The second-order valence-electron chi connectivity index (χ2n) is 9.07. The molecule has 2 aromatic rings. The van der Waals surface area contributed by atoms with Crippen molar-refractivity contribution in [2.24, 2.45) is 5.10 Å². The highest BCUT2D eigenvalue weighted by Crippen LogP contribution is 2.40. The summed E-state index contributed by atoms with van der Waals surface area (Å²) >= 11 is 8.04. The van der Waals surface area contributed by atoms with Gasteiger partial charge >= 0.3 is 5.97 Å². The van der Waals surface area contributed by atoms with Gasteiger partial charge in [0.15, 0.2) is 6.61 Å². The Balaban J connectivity index is 2.18. The van der Waals surface area contributed by atoms with Crippen molar-refractivity contribution in [3.05, 3.63) is 82.7 Å². The van der Waals surface area contributed by atoms with Crippen molar-refractivity contribution in [2.75, 3.05) is 12.4 Å². The van der Waals surface area contributed by atoms with E-state index in [1.165, 1.54) is 23.9 Å². The number of hydrogen-bond acceptors (Lipinski definition) is 6. The van der Waals surface area contributed by atoms with Crippen LogP contribution in [0.25, 0.3) is 0 Å². The molecule has 0 bridgehead atoms. The zero-order valence-corrected chi connectivity index (χ0v) is 24.0. The third kappa shape index (κ3) is 10.8. The highest BCUT2D eigenvalue weighted by molar-refractivity contribution is 8.00. The Labute approximate surface area is 228 Å². The summed E-state index contributed by atoms with van der Waals surface area (Å²) in [5, 5.41) is 5.07. The van der Waals surface area contributed by atoms with Crippen molar-refractivity contribution in [2.45, 2.75) is 51.2 Å². The second kappa shape index (κ2) is 14.5. The Kier molecular flexibility index (Phi) is 12.1. The molecule has 0 aromatic heterocycles. The van der Waals surface area contributed by atoms with E-state index in [1.54, 1.807) is 26.8 Å². The minimum Gasteiger partial charge on any atom is -0.482 e. The Morgan fingerprint density at radius 2 is 1.97 bits per heavy atom. The van der Waals surface area contributed by atoms with E-state index >= 15 is 0 Å². The van der Waals surface area contributed by atoms with E-state index in [1.807, 2.05) is 44.2 Å². The zero-order valence-electron chi connectivity index (χ0n) is 21.6. The highest BCUT2D eigenvalue weighted by Gasteiger charge is 2.17. The number of hydrogen-bond donors (Lipinski definition) is 1.